The van der Waals surface area contributed by atoms with E-state index in [9.17, 15) is 4.79 Å². The Balaban J connectivity index is 2.05. The normalized spacial score (nSPS) is 11.0. The van der Waals surface area contributed by atoms with E-state index >= 15 is 0 Å². The maximum atomic E-state index is 12.8. The van der Waals surface area contributed by atoms with Gasteiger partial charge in [0, 0.05) is 18.4 Å². The zero-order chi connectivity index (χ0) is 16.7. The number of hydrogen-bond acceptors (Lipinski definition) is 3. The van der Waals surface area contributed by atoms with Crippen LogP contribution in [0.1, 0.15) is 32.9 Å². The van der Waals surface area contributed by atoms with Gasteiger partial charge in [-0.3, -0.25) is 9.48 Å². The molecule has 0 bridgehead atoms. The molecule has 0 atom stereocenters. The molecule has 1 amide bonds. The van der Waals surface area contributed by atoms with Crippen LogP contribution < -0.4 is 5.32 Å². The van der Waals surface area contributed by atoms with Gasteiger partial charge in [0.05, 0.1) is 16.6 Å². The topological polar surface area (TPSA) is 59.8 Å². The minimum absolute atomic E-state index is 0.139. The van der Waals surface area contributed by atoms with Gasteiger partial charge < -0.3 is 5.32 Å². The molecule has 3 aromatic rings. The first-order valence-corrected chi connectivity index (χ1v) is 7.56. The Morgan fingerprint density at radius 2 is 1.83 bits per heavy atom. The number of hydrogen-bond donors (Lipinski definition) is 1. The zero-order valence-corrected chi connectivity index (χ0v) is 14.1. The van der Waals surface area contributed by atoms with Crippen LogP contribution in [0.25, 0.3) is 11.0 Å². The average molecular weight is 308 g/mol. The zero-order valence-electron chi connectivity index (χ0n) is 14.1. The summed E-state index contributed by atoms with van der Waals surface area (Å²) in [6.07, 6.45) is 0. The fourth-order valence-corrected chi connectivity index (χ4v) is 2.77. The lowest BCUT2D eigenvalue weighted by molar-refractivity contribution is 0.102. The lowest BCUT2D eigenvalue weighted by Crippen LogP contribution is -2.13. The van der Waals surface area contributed by atoms with Crippen LogP contribution in [0.4, 0.5) is 5.69 Å². The van der Waals surface area contributed by atoms with E-state index in [1.807, 2.05) is 52.1 Å². The number of benzene rings is 1. The smallest absolute Gasteiger partial charge is 0.256 e. The van der Waals surface area contributed by atoms with E-state index in [0.717, 1.165) is 33.7 Å². The predicted molar refractivity (Wildman–Crippen MR) is 91.9 cm³/mol. The van der Waals surface area contributed by atoms with Gasteiger partial charge in [0.2, 0.25) is 0 Å². The highest BCUT2D eigenvalue weighted by molar-refractivity contribution is 6.12. The molecule has 0 radical (unpaired) electrons. The van der Waals surface area contributed by atoms with Crippen molar-refractivity contribution in [2.45, 2.75) is 27.7 Å². The summed E-state index contributed by atoms with van der Waals surface area (Å²) in [5.41, 5.74) is 6.09. The molecule has 0 saturated heterocycles. The van der Waals surface area contributed by atoms with Crippen molar-refractivity contribution < 1.29 is 4.79 Å². The van der Waals surface area contributed by atoms with Crippen LogP contribution in [0.5, 0.6) is 0 Å². The second-order valence-corrected chi connectivity index (χ2v) is 5.97. The third kappa shape index (κ3) is 2.70. The van der Waals surface area contributed by atoms with Gasteiger partial charge in [0.1, 0.15) is 0 Å². The Bertz CT molecular complexity index is 924. The predicted octanol–water partition coefficient (Wildman–Crippen LogP) is 3.45. The number of carbonyl (C=O) groups excluding carboxylic acids is 1. The average Bonchev–Trinajstić information content (AvgIpc) is 2.77. The van der Waals surface area contributed by atoms with Crippen LogP contribution in [0, 0.1) is 27.7 Å². The summed E-state index contributed by atoms with van der Waals surface area (Å²) in [4.78, 5) is 17.3. The first-order valence-electron chi connectivity index (χ1n) is 7.56. The number of carbonyl (C=O) groups is 1. The summed E-state index contributed by atoms with van der Waals surface area (Å²) < 4.78 is 1.71. The quantitative estimate of drug-likeness (QED) is 0.788. The number of nitrogens with one attached hydrogen (secondary N) is 1. The van der Waals surface area contributed by atoms with Crippen molar-refractivity contribution in [2.75, 3.05) is 5.32 Å². The van der Waals surface area contributed by atoms with Crippen molar-refractivity contribution in [3.63, 3.8) is 0 Å². The first-order chi connectivity index (χ1) is 10.9. The molecule has 0 saturated carbocycles. The van der Waals surface area contributed by atoms with Gasteiger partial charge in [-0.2, -0.15) is 5.10 Å². The summed E-state index contributed by atoms with van der Waals surface area (Å²) in [6, 6.07) is 7.72. The highest BCUT2D eigenvalue weighted by Crippen LogP contribution is 2.23. The van der Waals surface area contributed by atoms with Gasteiger partial charge >= 0.3 is 0 Å². The summed E-state index contributed by atoms with van der Waals surface area (Å²) >= 11 is 0. The van der Waals surface area contributed by atoms with Crippen LogP contribution in [0.3, 0.4) is 0 Å². The molecule has 0 aliphatic carbocycles. The maximum absolute atomic E-state index is 12.8. The van der Waals surface area contributed by atoms with Crippen LogP contribution >= 0.6 is 0 Å². The monoisotopic (exact) mass is 308 g/mol. The van der Waals surface area contributed by atoms with Gasteiger partial charge in [-0.05, 0) is 57.0 Å². The van der Waals surface area contributed by atoms with Crippen LogP contribution in [0.2, 0.25) is 0 Å². The van der Waals surface area contributed by atoms with Gasteiger partial charge in [0.15, 0.2) is 5.65 Å². The van der Waals surface area contributed by atoms with E-state index in [1.165, 1.54) is 5.56 Å². The number of aromatic nitrogens is 3. The van der Waals surface area contributed by atoms with Gasteiger partial charge in [-0.25, -0.2) is 4.98 Å². The van der Waals surface area contributed by atoms with Gasteiger partial charge in [-0.1, -0.05) is 6.07 Å². The largest absolute Gasteiger partial charge is 0.322 e. The summed E-state index contributed by atoms with van der Waals surface area (Å²) in [5, 5.41) is 8.16. The molecule has 23 heavy (non-hydrogen) atoms. The molecule has 3 rings (SSSR count). The number of anilines is 1. The number of aryl methyl sites for hydroxylation is 5. The van der Waals surface area contributed by atoms with Crippen molar-refractivity contribution in [2.24, 2.45) is 7.05 Å². The molecule has 2 heterocycles. The molecular weight excluding hydrogens is 288 g/mol. The minimum Gasteiger partial charge on any atom is -0.322 e. The lowest BCUT2D eigenvalue weighted by atomic mass is 10.1. The molecule has 0 unspecified atom stereocenters. The van der Waals surface area contributed by atoms with E-state index in [-0.39, 0.29) is 5.91 Å². The highest BCUT2D eigenvalue weighted by atomic mass is 16.1. The molecule has 118 valence electrons. The van der Waals surface area contributed by atoms with Crippen molar-refractivity contribution in [1.29, 1.82) is 0 Å². The standard InChI is InChI=1S/C18H20N4O/c1-10-6-7-14(8-11(10)2)20-18(23)15-9-12(3)19-17-16(15)13(4)21-22(17)5/h6-9H,1-5H3,(H,20,23). The number of pyridine rings is 1. The Labute approximate surface area is 135 Å². The van der Waals surface area contributed by atoms with E-state index in [1.54, 1.807) is 4.68 Å². The Morgan fingerprint density at radius 3 is 2.52 bits per heavy atom. The summed E-state index contributed by atoms with van der Waals surface area (Å²) in [5.74, 6) is -0.139. The second kappa shape index (κ2) is 5.50. The number of rotatable bonds is 2. The minimum atomic E-state index is -0.139. The number of nitrogens with zero attached hydrogens (tertiary/aromatic N) is 3. The van der Waals surface area contributed by atoms with E-state index in [2.05, 4.69) is 22.3 Å². The molecule has 0 aliphatic rings. The molecule has 2 aromatic heterocycles. The molecule has 1 N–H and O–H groups in total. The third-order valence-corrected chi connectivity index (χ3v) is 4.11. The first kappa shape index (κ1) is 15.2. The molecule has 1 aromatic carbocycles. The summed E-state index contributed by atoms with van der Waals surface area (Å²) in [7, 11) is 1.84. The maximum Gasteiger partial charge on any atom is 0.256 e. The number of amides is 1. The lowest BCUT2D eigenvalue weighted by Gasteiger charge is -2.09. The van der Waals surface area contributed by atoms with Crippen molar-refractivity contribution in [1.82, 2.24) is 14.8 Å². The second-order valence-electron chi connectivity index (χ2n) is 5.97. The SMILES string of the molecule is Cc1cc(C(=O)Nc2ccc(C)c(C)c2)c2c(C)nn(C)c2n1. The van der Waals surface area contributed by atoms with E-state index in [4.69, 9.17) is 0 Å². The molecule has 5 heteroatoms. The molecule has 0 spiro atoms. The van der Waals surface area contributed by atoms with Crippen molar-refractivity contribution in [3.8, 4) is 0 Å². The van der Waals surface area contributed by atoms with Gasteiger partial charge in [0.25, 0.3) is 5.91 Å². The Hall–Kier alpha value is -2.69. The van der Waals surface area contributed by atoms with Crippen LogP contribution in [0.15, 0.2) is 24.3 Å². The highest BCUT2D eigenvalue weighted by Gasteiger charge is 2.17. The fraction of sp³-hybridized carbons (Fsp3) is 0.278. The van der Waals surface area contributed by atoms with Crippen molar-refractivity contribution >= 4 is 22.6 Å². The molecule has 0 aliphatic heterocycles. The Morgan fingerprint density at radius 1 is 1.09 bits per heavy atom. The van der Waals surface area contributed by atoms with E-state index < -0.39 is 0 Å². The molecular formula is C18H20N4O. The van der Waals surface area contributed by atoms with Crippen molar-refractivity contribution in [3.05, 3.63) is 52.3 Å². The molecule has 0 fully saturated rings. The van der Waals surface area contributed by atoms with Crippen LogP contribution in [-0.4, -0.2) is 20.7 Å². The Kier molecular flexibility index (Phi) is 3.64. The summed E-state index contributed by atoms with van der Waals surface area (Å²) in [6.45, 7) is 7.86. The van der Waals surface area contributed by atoms with Crippen LogP contribution in [-0.2, 0) is 7.05 Å². The third-order valence-electron chi connectivity index (χ3n) is 4.11. The fourth-order valence-electron chi connectivity index (χ4n) is 2.77. The van der Waals surface area contributed by atoms with E-state index in [0.29, 0.717) is 5.56 Å². The molecule has 5 nitrogen and oxygen atoms in total. The van der Waals surface area contributed by atoms with Gasteiger partial charge in [-0.15, -0.1) is 0 Å². The number of fused-ring (bicyclic) bond motifs is 1.